The van der Waals surface area contributed by atoms with Gasteiger partial charge in [0.2, 0.25) is 0 Å². The summed E-state index contributed by atoms with van der Waals surface area (Å²) in [6, 6.07) is 0.729. The molecular formula is C13H22N2. The Bertz CT molecular complexity index is 297. The molecule has 2 aliphatic rings. The molecule has 0 amide bonds. The molecule has 0 radical (unpaired) electrons. The standard InChI is InChI=1S/C13H20N2.H2/c1-12-5-9-15(10-6-12)11-7-13-4-2-3-8-14-13;/h5,9-10,13-14H,2-4,7-8,11H2,1H3;1H. The predicted octanol–water partition coefficient (Wildman–Crippen LogP) is 2.65. The summed E-state index contributed by atoms with van der Waals surface area (Å²) in [5.41, 5.74) is 4.44. The maximum atomic E-state index is 3.58. The summed E-state index contributed by atoms with van der Waals surface area (Å²) >= 11 is 0. The van der Waals surface area contributed by atoms with E-state index >= 15 is 0 Å². The van der Waals surface area contributed by atoms with E-state index in [1.165, 1.54) is 37.8 Å². The average Bonchev–Trinajstić information content (AvgIpc) is 2.30. The smallest absolute Gasteiger partial charge is 0.0466 e. The first-order valence-electron chi connectivity index (χ1n) is 5.95. The molecule has 1 unspecified atom stereocenters. The Balaban J connectivity index is 0.00000128. The second-order valence-corrected chi connectivity index (χ2v) is 4.45. The van der Waals surface area contributed by atoms with Crippen LogP contribution in [0.15, 0.2) is 29.8 Å². The molecule has 0 saturated carbocycles. The van der Waals surface area contributed by atoms with E-state index in [1.54, 1.807) is 0 Å². The van der Waals surface area contributed by atoms with Crippen LogP contribution in [0.1, 0.15) is 34.0 Å². The highest BCUT2D eigenvalue weighted by atomic mass is 15.1. The topological polar surface area (TPSA) is 15.3 Å². The second kappa shape index (κ2) is 5.20. The lowest BCUT2D eigenvalue weighted by Crippen LogP contribution is -2.36. The molecule has 2 heterocycles. The Morgan fingerprint density at radius 2 is 2.53 bits per heavy atom. The van der Waals surface area contributed by atoms with Gasteiger partial charge in [0, 0.05) is 26.4 Å². The molecule has 0 spiro atoms. The summed E-state index contributed by atoms with van der Waals surface area (Å²) in [6.45, 7) is 4.39. The van der Waals surface area contributed by atoms with Crippen LogP contribution in [-0.4, -0.2) is 24.0 Å². The Kier molecular flexibility index (Phi) is 3.65. The molecule has 1 fully saturated rings. The Labute approximate surface area is 93.8 Å². The van der Waals surface area contributed by atoms with Gasteiger partial charge in [-0.3, -0.25) is 0 Å². The Morgan fingerprint density at radius 1 is 1.60 bits per heavy atom. The number of rotatable bonds is 3. The third-order valence-corrected chi connectivity index (χ3v) is 3.12. The number of hydrogen-bond acceptors (Lipinski definition) is 2. The average molecular weight is 206 g/mol. The van der Waals surface area contributed by atoms with E-state index in [9.17, 15) is 0 Å². The number of hydrogen-bond donors (Lipinski definition) is 1. The highest BCUT2D eigenvalue weighted by molar-refractivity contribution is 5.19. The van der Waals surface area contributed by atoms with Gasteiger partial charge in [-0.25, -0.2) is 0 Å². The normalized spacial score (nSPS) is 25.5. The third-order valence-electron chi connectivity index (χ3n) is 3.12. The van der Waals surface area contributed by atoms with Crippen LogP contribution in [0.5, 0.6) is 0 Å². The quantitative estimate of drug-likeness (QED) is 0.714. The van der Waals surface area contributed by atoms with E-state index in [0.29, 0.717) is 0 Å². The number of nitrogens with one attached hydrogen (secondary N) is 1. The van der Waals surface area contributed by atoms with Crippen LogP contribution in [0.3, 0.4) is 0 Å². The van der Waals surface area contributed by atoms with Gasteiger partial charge >= 0.3 is 0 Å². The lowest BCUT2D eigenvalue weighted by atomic mass is 10.0. The Morgan fingerprint density at radius 3 is 3.20 bits per heavy atom. The fourth-order valence-corrected chi connectivity index (χ4v) is 2.10. The van der Waals surface area contributed by atoms with Gasteiger partial charge in [0.1, 0.15) is 0 Å². The summed E-state index contributed by atoms with van der Waals surface area (Å²) in [6.07, 6.45) is 11.6. The molecule has 1 saturated heterocycles. The van der Waals surface area contributed by atoms with Gasteiger partial charge < -0.3 is 10.2 Å². The summed E-state index contributed by atoms with van der Waals surface area (Å²) in [4.78, 5) is 2.23. The van der Waals surface area contributed by atoms with Crippen LogP contribution in [0.25, 0.3) is 0 Å². The van der Waals surface area contributed by atoms with Crippen molar-refractivity contribution in [1.29, 1.82) is 0 Å². The molecule has 0 bridgehead atoms. The van der Waals surface area contributed by atoms with Crippen molar-refractivity contribution >= 4 is 0 Å². The monoisotopic (exact) mass is 206 g/mol. The molecule has 1 atom stereocenters. The molecule has 0 aliphatic carbocycles. The van der Waals surface area contributed by atoms with E-state index in [2.05, 4.69) is 41.3 Å². The highest BCUT2D eigenvalue weighted by Crippen LogP contribution is 2.12. The molecule has 2 rings (SSSR count). The first-order chi connectivity index (χ1) is 7.34. The minimum Gasteiger partial charge on any atom is -0.347 e. The van der Waals surface area contributed by atoms with Crippen molar-refractivity contribution < 1.29 is 1.43 Å². The zero-order valence-corrected chi connectivity index (χ0v) is 9.50. The zero-order valence-electron chi connectivity index (χ0n) is 9.50. The second-order valence-electron chi connectivity index (χ2n) is 4.45. The van der Waals surface area contributed by atoms with Crippen molar-refractivity contribution in [2.24, 2.45) is 0 Å². The molecule has 0 aromatic heterocycles. The van der Waals surface area contributed by atoms with E-state index < -0.39 is 0 Å². The zero-order chi connectivity index (χ0) is 10.5. The highest BCUT2D eigenvalue weighted by Gasteiger charge is 2.12. The van der Waals surface area contributed by atoms with Crippen molar-refractivity contribution in [3.05, 3.63) is 29.8 Å². The van der Waals surface area contributed by atoms with Crippen molar-refractivity contribution in [2.45, 2.75) is 38.6 Å². The third kappa shape index (κ3) is 3.26. The van der Waals surface area contributed by atoms with Gasteiger partial charge in [0.15, 0.2) is 0 Å². The predicted molar refractivity (Wildman–Crippen MR) is 65.5 cm³/mol. The van der Waals surface area contributed by atoms with Crippen LogP contribution < -0.4 is 5.32 Å². The van der Waals surface area contributed by atoms with Gasteiger partial charge in [-0.1, -0.05) is 12.2 Å². The van der Waals surface area contributed by atoms with Gasteiger partial charge in [-0.2, -0.15) is 0 Å². The van der Waals surface area contributed by atoms with Crippen LogP contribution in [-0.2, 0) is 0 Å². The molecule has 84 valence electrons. The molecule has 1 N–H and O–H groups in total. The van der Waals surface area contributed by atoms with Crippen molar-refractivity contribution in [2.75, 3.05) is 13.1 Å². The van der Waals surface area contributed by atoms with E-state index in [4.69, 9.17) is 0 Å². The molecule has 15 heavy (non-hydrogen) atoms. The van der Waals surface area contributed by atoms with Crippen molar-refractivity contribution in [1.82, 2.24) is 10.2 Å². The van der Waals surface area contributed by atoms with Crippen molar-refractivity contribution in [3.63, 3.8) is 0 Å². The van der Waals surface area contributed by atoms with Crippen molar-refractivity contribution in [3.8, 4) is 0 Å². The lowest BCUT2D eigenvalue weighted by molar-refractivity contribution is 0.350. The first kappa shape index (κ1) is 10.5. The molecule has 2 aliphatic heterocycles. The van der Waals surface area contributed by atoms with Crippen LogP contribution >= 0.6 is 0 Å². The van der Waals surface area contributed by atoms with E-state index in [-0.39, 0.29) is 1.43 Å². The fraction of sp³-hybridized carbons (Fsp3) is 0.615. The molecular weight excluding hydrogens is 184 g/mol. The number of piperidine rings is 1. The number of allylic oxidation sites excluding steroid dienone is 2. The van der Waals surface area contributed by atoms with E-state index in [0.717, 1.165) is 12.6 Å². The summed E-state index contributed by atoms with van der Waals surface area (Å²) in [7, 11) is 0. The largest absolute Gasteiger partial charge is 0.347 e. The fourth-order valence-electron chi connectivity index (χ4n) is 2.10. The van der Waals surface area contributed by atoms with Crippen LogP contribution in [0.4, 0.5) is 0 Å². The molecule has 2 nitrogen and oxygen atoms in total. The van der Waals surface area contributed by atoms with Gasteiger partial charge in [0.25, 0.3) is 0 Å². The lowest BCUT2D eigenvalue weighted by Gasteiger charge is -2.25. The molecule has 2 heteroatoms. The summed E-state index contributed by atoms with van der Waals surface area (Å²) < 4.78 is 0. The summed E-state index contributed by atoms with van der Waals surface area (Å²) in [5, 5.41) is 3.58. The Hall–Kier alpha value is -0.980. The minimum absolute atomic E-state index is 0. The SMILES string of the molecule is CC1=C=CN(CCC2CCCCN2)C=C1.[HH]. The first-order valence-corrected chi connectivity index (χ1v) is 5.95. The van der Waals surface area contributed by atoms with Crippen LogP contribution in [0.2, 0.25) is 0 Å². The molecule has 0 aromatic carbocycles. The van der Waals surface area contributed by atoms with E-state index in [1.807, 2.05) is 0 Å². The maximum Gasteiger partial charge on any atom is 0.0466 e. The minimum atomic E-state index is 0. The van der Waals surface area contributed by atoms with Gasteiger partial charge in [0.05, 0.1) is 0 Å². The van der Waals surface area contributed by atoms with Gasteiger partial charge in [-0.05, 0) is 44.4 Å². The molecule has 0 aromatic rings. The van der Waals surface area contributed by atoms with Gasteiger partial charge in [-0.15, -0.1) is 0 Å². The summed E-state index contributed by atoms with van der Waals surface area (Å²) in [5.74, 6) is 0. The van der Waals surface area contributed by atoms with Crippen LogP contribution in [0, 0.1) is 0 Å². The maximum absolute atomic E-state index is 3.58. The number of nitrogens with zero attached hydrogens (tertiary/aromatic N) is 1.